The molecule has 1 rings (SSSR count). The summed E-state index contributed by atoms with van der Waals surface area (Å²) in [7, 11) is 1.43. The molecule has 0 aliphatic heterocycles. The van der Waals surface area contributed by atoms with E-state index in [-0.39, 0.29) is 25.5 Å². The lowest BCUT2D eigenvalue weighted by molar-refractivity contribution is -0.142. The van der Waals surface area contributed by atoms with Crippen molar-refractivity contribution in [1.29, 1.82) is 0 Å². The first-order valence-electron chi connectivity index (χ1n) is 6.87. The fourth-order valence-corrected chi connectivity index (χ4v) is 1.60. The van der Waals surface area contributed by atoms with Crippen LogP contribution in [-0.4, -0.2) is 38.3 Å². The second kappa shape index (κ2) is 9.29. The van der Waals surface area contributed by atoms with Gasteiger partial charge in [-0.2, -0.15) is 0 Å². The summed E-state index contributed by atoms with van der Waals surface area (Å²) in [6.45, 7) is 2.89. The van der Waals surface area contributed by atoms with Crippen molar-refractivity contribution in [3.05, 3.63) is 23.8 Å². The van der Waals surface area contributed by atoms with Crippen molar-refractivity contribution < 1.29 is 33.3 Å². The van der Waals surface area contributed by atoms with Crippen LogP contribution < -0.4 is 14.8 Å². The fraction of sp³-hybridized carbons (Fsp3) is 0.400. The molecule has 1 aromatic rings. The molecule has 1 N–H and O–H groups in total. The molecule has 0 unspecified atom stereocenters. The smallest absolute Gasteiger partial charge is 0.407 e. The third-order valence-corrected chi connectivity index (χ3v) is 2.53. The summed E-state index contributed by atoms with van der Waals surface area (Å²) in [5.41, 5.74) is 0.629. The lowest BCUT2D eigenvalue weighted by atomic mass is 10.2. The SMILES string of the molecule is CCOC(=O)CNC(=O)OCc1ccc(OC(C)=O)c(OC)c1. The van der Waals surface area contributed by atoms with Crippen molar-refractivity contribution in [3.63, 3.8) is 0 Å². The van der Waals surface area contributed by atoms with E-state index in [0.717, 1.165) is 0 Å². The summed E-state index contributed by atoms with van der Waals surface area (Å²) in [5.74, 6) is -0.397. The number of rotatable bonds is 7. The summed E-state index contributed by atoms with van der Waals surface area (Å²) in [6, 6.07) is 4.74. The maximum absolute atomic E-state index is 11.5. The van der Waals surface area contributed by atoms with E-state index in [0.29, 0.717) is 11.3 Å². The molecule has 0 aliphatic carbocycles. The number of hydrogen-bond acceptors (Lipinski definition) is 7. The minimum absolute atomic E-state index is 0.0363. The molecule has 0 aliphatic rings. The molecule has 0 aromatic heterocycles. The number of alkyl carbamates (subject to hydrolysis) is 1. The number of benzene rings is 1. The first-order valence-corrected chi connectivity index (χ1v) is 6.87. The van der Waals surface area contributed by atoms with Gasteiger partial charge in [0.1, 0.15) is 13.2 Å². The zero-order valence-corrected chi connectivity index (χ0v) is 13.2. The molecule has 1 amide bonds. The van der Waals surface area contributed by atoms with Gasteiger partial charge in [-0.3, -0.25) is 9.59 Å². The predicted molar refractivity (Wildman–Crippen MR) is 79.1 cm³/mol. The van der Waals surface area contributed by atoms with Gasteiger partial charge in [-0.05, 0) is 24.6 Å². The molecule has 0 saturated heterocycles. The van der Waals surface area contributed by atoms with Gasteiger partial charge in [0.25, 0.3) is 0 Å². The normalized spacial score (nSPS) is 9.70. The monoisotopic (exact) mass is 325 g/mol. The van der Waals surface area contributed by atoms with E-state index < -0.39 is 18.0 Å². The van der Waals surface area contributed by atoms with Crippen molar-refractivity contribution in [2.45, 2.75) is 20.5 Å². The topological polar surface area (TPSA) is 100 Å². The van der Waals surface area contributed by atoms with Gasteiger partial charge in [0.05, 0.1) is 13.7 Å². The molecule has 0 heterocycles. The van der Waals surface area contributed by atoms with E-state index in [1.165, 1.54) is 20.1 Å². The van der Waals surface area contributed by atoms with Crippen molar-refractivity contribution in [3.8, 4) is 11.5 Å². The van der Waals surface area contributed by atoms with Crippen LogP contribution in [0.25, 0.3) is 0 Å². The molecule has 0 bridgehead atoms. The average Bonchev–Trinajstić information content (AvgIpc) is 2.51. The van der Waals surface area contributed by atoms with Gasteiger partial charge in [-0.25, -0.2) is 4.79 Å². The molecule has 0 saturated carbocycles. The van der Waals surface area contributed by atoms with Gasteiger partial charge in [-0.15, -0.1) is 0 Å². The fourth-order valence-electron chi connectivity index (χ4n) is 1.60. The van der Waals surface area contributed by atoms with Gasteiger partial charge < -0.3 is 24.3 Å². The zero-order valence-electron chi connectivity index (χ0n) is 13.2. The summed E-state index contributed by atoms with van der Waals surface area (Å²) in [5, 5.41) is 2.27. The molecule has 0 fully saturated rings. The molecular weight excluding hydrogens is 306 g/mol. The first kappa shape index (κ1) is 18.3. The van der Waals surface area contributed by atoms with Gasteiger partial charge in [0.15, 0.2) is 11.5 Å². The highest BCUT2D eigenvalue weighted by Crippen LogP contribution is 2.28. The van der Waals surface area contributed by atoms with E-state index in [1.54, 1.807) is 19.1 Å². The van der Waals surface area contributed by atoms with E-state index in [9.17, 15) is 14.4 Å². The zero-order chi connectivity index (χ0) is 17.2. The summed E-state index contributed by atoms with van der Waals surface area (Å²) in [4.78, 5) is 33.5. The van der Waals surface area contributed by atoms with Crippen LogP contribution in [0.2, 0.25) is 0 Å². The third kappa shape index (κ3) is 6.68. The Hall–Kier alpha value is -2.77. The Morgan fingerprint density at radius 3 is 2.48 bits per heavy atom. The Kier molecular flexibility index (Phi) is 7.38. The van der Waals surface area contributed by atoms with Gasteiger partial charge in [0, 0.05) is 6.92 Å². The first-order chi connectivity index (χ1) is 11.0. The number of carbonyl (C=O) groups is 3. The van der Waals surface area contributed by atoms with Crippen molar-refractivity contribution in [2.75, 3.05) is 20.3 Å². The lowest BCUT2D eigenvalue weighted by Crippen LogP contribution is -2.31. The minimum Gasteiger partial charge on any atom is -0.493 e. The third-order valence-electron chi connectivity index (χ3n) is 2.53. The summed E-state index contributed by atoms with van der Waals surface area (Å²) in [6.07, 6.45) is -0.749. The van der Waals surface area contributed by atoms with Crippen LogP contribution in [0, 0.1) is 0 Å². The standard InChI is InChI=1S/C15H19NO7/c1-4-21-14(18)8-16-15(19)22-9-11-5-6-12(23-10(2)17)13(7-11)20-3/h5-7H,4,8-9H2,1-3H3,(H,16,19). The number of methoxy groups -OCH3 is 1. The Morgan fingerprint density at radius 1 is 1.13 bits per heavy atom. The minimum atomic E-state index is -0.749. The molecule has 1 aromatic carbocycles. The van der Waals surface area contributed by atoms with E-state index in [2.05, 4.69) is 10.1 Å². The van der Waals surface area contributed by atoms with E-state index in [4.69, 9.17) is 14.2 Å². The van der Waals surface area contributed by atoms with Crippen LogP contribution in [0.15, 0.2) is 18.2 Å². The molecule has 23 heavy (non-hydrogen) atoms. The number of esters is 2. The number of nitrogens with one attached hydrogen (secondary N) is 1. The van der Waals surface area contributed by atoms with Crippen LogP contribution >= 0.6 is 0 Å². The highest BCUT2D eigenvalue weighted by molar-refractivity contribution is 5.77. The lowest BCUT2D eigenvalue weighted by Gasteiger charge is -2.11. The Bertz CT molecular complexity index is 571. The highest BCUT2D eigenvalue weighted by Gasteiger charge is 2.10. The van der Waals surface area contributed by atoms with E-state index in [1.807, 2.05) is 0 Å². The number of amides is 1. The molecule has 0 atom stereocenters. The van der Waals surface area contributed by atoms with Crippen molar-refractivity contribution in [1.82, 2.24) is 5.32 Å². The molecular formula is C15H19NO7. The second-order valence-corrected chi connectivity index (χ2v) is 4.31. The van der Waals surface area contributed by atoms with Gasteiger partial charge in [0.2, 0.25) is 0 Å². The van der Waals surface area contributed by atoms with Crippen molar-refractivity contribution in [2.24, 2.45) is 0 Å². The maximum atomic E-state index is 11.5. The molecule has 8 nitrogen and oxygen atoms in total. The van der Waals surface area contributed by atoms with Crippen LogP contribution in [0.4, 0.5) is 4.79 Å². The summed E-state index contributed by atoms with van der Waals surface area (Å²) >= 11 is 0. The molecule has 0 spiro atoms. The second-order valence-electron chi connectivity index (χ2n) is 4.31. The average molecular weight is 325 g/mol. The quantitative estimate of drug-likeness (QED) is 0.597. The Balaban J connectivity index is 2.52. The highest BCUT2D eigenvalue weighted by atomic mass is 16.6. The van der Waals surface area contributed by atoms with E-state index >= 15 is 0 Å². The number of carbonyl (C=O) groups excluding carboxylic acids is 3. The Morgan fingerprint density at radius 2 is 1.87 bits per heavy atom. The largest absolute Gasteiger partial charge is 0.493 e. The predicted octanol–water partition coefficient (Wildman–Crippen LogP) is 1.41. The number of ether oxygens (including phenoxy) is 4. The molecule has 0 radical (unpaired) electrons. The van der Waals surface area contributed by atoms with Gasteiger partial charge in [-0.1, -0.05) is 6.07 Å². The van der Waals surface area contributed by atoms with Gasteiger partial charge >= 0.3 is 18.0 Å². The van der Waals surface area contributed by atoms with Crippen molar-refractivity contribution >= 4 is 18.0 Å². The van der Waals surface area contributed by atoms with Crippen LogP contribution in [-0.2, 0) is 25.7 Å². The number of hydrogen-bond donors (Lipinski definition) is 1. The molecule has 126 valence electrons. The molecule has 8 heteroatoms. The van der Waals surface area contributed by atoms with Crippen LogP contribution in [0.1, 0.15) is 19.4 Å². The van der Waals surface area contributed by atoms with Crippen LogP contribution in [0.5, 0.6) is 11.5 Å². The Labute approximate surface area is 133 Å². The summed E-state index contributed by atoms with van der Waals surface area (Å²) < 4.78 is 19.7. The maximum Gasteiger partial charge on any atom is 0.407 e. The van der Waals surface area contributed by atoms with Crippen LogP contribution in [0.3, 0.4) is 0 Å².